The van der Waals surface area contributed by atoms with E-state index in [0.717, 1.165) is 0 Å². The Balaban J connectivity index is -0.00000000900. The maximum absolute atomic E-state index is 4.50. The predicted molar refractivity (Wildman–Crippen MR) is 68.4 cm³/mol. The fourth-order valence-corrected chi connectivity index (χ4v) is 0. The molecule has 12 heavy (non-hydrogen) atoms. The van der Waals surface area contributed by atoms with Crippen molar-refractivity contribution in [1.29, 1.82) is 0 Å². The Bertz CT molecular complexity index is 4.97. The fraction of sp³-hybridized carbons (Fsp3) is 1.00. The van der Waals surface area contributed by atoms with E-state index < -0.39 is 0 Å². The van der Waals surface area contributed by atoms with Crippen LogP contribution in [0, 0.1) is 0 Å². The summed E-state index contributed by atoms with van der Waals surface area (Å²) in [6.07, 6.45) is 0. The molecule has 0 heterocycles. The fourth-order valence-electron chi connectivity index (χ4n) is 0. The van der Waals surface area contributed by atoms with Crippen molar-refractivity contribution in [3.05, 3.63) is 0 Å². The monoisotopic (exact) mass is 176 g/mol. The van der Waals surface area contributed by atoms with E-state index in [2.05, 4.69) is 7.85 Å². The van der Waals surface area contributed by atoms with Gasteiger partial charge in [0.25, 0.3) is 0 Å². The van der Waals surface area contributed by atoms with E-state index in [0.29, 0.717) is 0 Å². The van der Waals surface area contributed by atoms with Crippen LogP contribution in [0.2, 0.25) is 6.82 Å². The van der Waals surface area contributed by atoms with Crippen LogP contribution >= 0.6 is 0 Å². The van der Waals surface area contributed by atoms with Gasteiger partial charge in [0.1, 0.15) is 0 Å². The Morgan fingerprint density at radius 2 is 0.333 bits per heavy atom. The molecule has 0 aromatic heterocycles. The average Bonchev–Trinajstić information content (AvgIpc) is 2.33. The molecule has 0 spiro atoms. The first kappa shape index (κ1) is 40.2. The van der Waals surface area contributed by atoms with E-state index in [9.17, 15) is 0 Å². The molecule has 0 N–H and O–H groups in total. The molecule has 0 saturated heterocycles. The Labute approximate surface area is 84.6 Å². The van der Waals surface area contributed by atoms with Crippen molar-refractivity contribution in [2.45, 2.75) is 76.1 Å². The SMILES string of the molecule is CC.CC.CC.CC.CC.[B]C. The minimum absolute atomic E-state index is 1.50. The molecule has 0 aromatic carbocycles. The minimum atomic E-state index is 1.50. The Hall–Kier alpha value is 0.0649. The van der Waals surface area contributed by atoms with E-state index >= 15 is 0 Å². The molecular weight excluding hydrogens is 143 g/mol. The van der Waals surface area contributed by atoms with Crippen LogP contribution in [-0.4, -0.2) is 7.85 Å². The summed E-state index contributed by atoms with van der Waals surface area (Å²) in [7, 11) is 4.50. The molecule has 1 heteroatoms. The van der Waals surface area contributed by atoms with Crippen LogP contribution < -0.4 is 0 Å². The number of hydrogen-bond acceptors (Lipinski definition) is 0. The van der Waals surface area contributed by atoms with Gasteiger partial charge in [-0.3, -0.25) is 0 Å². The molecule has 80 valence electrons. The lowest BCUT2D eigenvalue weighted by Gasteiger charge is -1.07. The molecule has 0 aromatic rings. The van der Waals surface area contributed by atoms with Crippen molar-refractivity contribution in [2.75, 3.05) is 0 Å². The minimum Gasteiger partial charge on any atom is -0.0999 e. The first-order valence-corrected chi connectivity index (χ1v) is 5.58. The van der Waals surface area contributed by atoms with Crippen molar-refractivity contribution in [2.24, 2.45) is 0 Å². The first-order chi connectivity index (χ1) is 6.00. The number of rotatable bonds is 0. The van der Waals surface area contributed by atoms with Gasteiger partial charge in [-0.15, -0.1) is 0 Å². The summed E-state index contributed by atoms with van der Waals surface area (Å²) < 4.78 is 0. The molecule has 0 aliphatic carbocycles. The van der Waals surface area contributed by atoms with Crippen LogP contribution in [0.4, 0.5) is 0 Å². The van der Waals surface area contributed by atoms with Crippen molar-refractivity contribution in [1.82, 2.24) is 0 Å². The molecule has 0 atom stereocenters. The maximum Gasteiger partial charge on any atom is 0.0606 e. The van der Waals surface area contributed by atoms with Gasteiger partial charge in [0.15, 0.2) is 0 Å². The lowest BCUT2D eigenvalue weighted by atomic mass is 10.2. The molecular formula is C11H33B. The standard InChI is InChI=1S/5C2H6.CH3B/c6*1-2/h5*1-2H3;1H3. The lowest BCUT2D eigenvalue weighted by Crippen LogP contribution is -1.13. The van der Waals surface area contributed by atoms with Gasteiger partial charge in [-0.05, 0) is 0 Å². The lowest BCUT2D eigenvalue weighted by molar-refractivity contribution is 1.50. The van der Waals surface area contributed by atoms with Crippen LogP contribution in [0.5, 0.6) is 0 Å². The van der Waals surface area contributed by atoms with Crippen LogP contribution in [0.25, 0.3) is 0 Å². The van der Waals surface area contributed by atoms with E-state index in [1.807, 2.05) is 69.2 Å². The third-order valence-corrected chi connectivity index (χ3v) is 0. The zero-order valence-electron chi connectivity index (χ0n) is 11.6. The van der Waals surface area contributed by atoms with E-state index in [-0.39, 0.29) is 0 Å². The smallest absolute Gasteiger partial charge is 0.0606 e. The van der Waals surface area contributed by atoms with Gasteiger partial charge in [0.05, 0.1) is 7.85 Å². The first-order valence-electron chi connectivity index (χ1n) is 5.58. The van der Waals surface area contributed by atoms with Gasteiger partial charge in [0.2, 0.25) is 0 Å². The highest BCUT2D eigenvalue weighted by Gasteiger charge is 0.984. The second-order valence-corrected chi connectivity index (χ2v) is 0. The summed E-state index contributed by atoms with van der Waals surface area (Å²) in [5.41, 5.74) is 0. The Morgan fingerprint density at radius 1 is 0.333 bits per heavy atom. The van der Waals surface area contributed by atoms with Gasteiger partial charge in [-0.25, -0.2) is 0 Å². The highest BCUT2D eigenvalue weighted by atomic mass is 13.0. The predicted octanol–water partition coefficient (Wildman–Crippen LogP) is 5.33. The zero-order chi connectivity index (χ0) is 12.0. The molecule has 0 aliphatic heterocycles. The summed E-state index contributed by atoms with van der Waals surface area (Å²) in [5, 5.41) is 0. The highest BCUT2D eigenvalue weighted by molar-refractivity contribution is 6.05. The summed E-state index contributed by atoms with van der Waals surface area (Å²) >= 11 is 0. The van der Waals surface area contributed by atoms with E-state index in [1.54, 1.807) is 0 Å². The maximum atomic E-state index is 4.50. The Kier molecular flexibility index (Phi) is 890000. The molecule has 0 nitrogen and oxygen atoms in total. The second kappa shape index (κ2) is 266000. The molecule has 0 rings (SSSR count). The Morgan fingerprint density at radius 3 is 0.333 bits per heavy atom. The van der Waals surface area contributed by atoms with E-state index in [1.165, 1.54) is 6.82 Å². The van der Waals surface area contributed by atoms with Gasteiger partial charge < -0.3 is 0 Å². The topological polar surface area (TPSA) is 0 Å². The van der Waals surface area contributed by atoms with Gasteiger partial charge in [-0.1, -0.05) is 76.1 Å². The average molecular weight is 176 g/mol. The van der Waals surface area contributed by atoms with Gasteiger partial charge in [-0.2, -0.15) is 0 Å². The van der Waals surface area contributed by atoms with Gasteiger partial charge >= 0.3 is 0 Å². The summed E-state index contributed by atoms with van der Waals surface area (Å²) in [6, 6.07) is 0. The molecule has 0 amide bonds. The third-order valence-electron chi connectivity index (χ3n) is 0. The molecule has 0 aliphatic rings. The zero-order valence-corrected chi connectivity index (χ0v) is 11.6. The molecule has 0 saturated carbocycles. The van der Waals surface area contributed by atoms with Crippen LogP contribution in [0.3, 0.4) is 0 Å². The van der Waals surface area contributed by atoms with E-state index in [4.69, 9.17) is 0 Å². The van der Waals surface area contributed by atoms with Crippen LogP contribution in [0.15, 0.2) is 0 Å². The largest absolute Gasteiger partial charge is 0.0999 e. The summed E-state index contributed by atoms with van der Waals surface area (Å²) in [5.74, 6) is 0. The molecule has 2 radical (unpaired) electrons. The number of hydrogen-bond donors (Lipinski definition) is 0. The van der Waals surface area contributed by atoms with Crippen molar-refractivity contribution in [3.8, 4) is 0 Å². The van der Waals surface area contributed by atoms with Crippen LogP contribution in [-0.2, 0) is 0 Å². The summed E-state index contributed by atoms with van der Waals surface area (Å²) in [4.78, 5) is 0. The summed E-state index contributed by atoms with van der Waals surface area (Å²) in [6.45, 7) is 21.5. The van der Waals surface area contributed by atoms with Gasteiger partial charge in [0, 0.05) is 0 Å². The quantitative estimate of drug-likeness (QED) is 0.437. The molecule has 0 unspecified atom stereocenters. The molecule has 0 fully saturated rings. The molecule has 0 bridgehead atoms. The van der Waals surface area contributed by atoms with Crippen LogP contribution in [0.1, 0.15) is 69.2 Å². The second-order valence-electron chi connectivity index (χ2n) is 0. The van der Waals surface area contributed by atoms with Crippen molar-refractivity contribution >= 4 is 7.85 Å². The third kappa shape index (κ3) is 196000. The van der Waals surface area contributed by atoms with Crippen molar-refractivity contribution in [3.63, 3.8) is 0 Å². The van der Waals surface area contributed by atoms with Crippen molar-refractivity contribution < 1.29 is 0 Å². The normalized spacial score (nSPS) is 2.92. The highest BCUT2D eigenvalue weighted by Crippen LogP contribution is 1.15.